The molecule has 46 heteroatoms. The maximum Gasteiger partial charge on any atom is 0.370 e. The molecule has 0 radical (unpaired) electrons. The number of pyridine rings is 1. The summed E-state index contributed by atoms with van der Waals surface area (Å²) in [4.78, 5) is 108. The first-order valence-corrected chi connectivity index (χ1v) is 38.0. The molecule has 10 rings (SSSR count). The van der Waals surface area contributed by atoms with Gasteiger partial charge < -0.3 is 112 Å². The van der Waals surface area contributed by atoms with Gasteiger partial charge in [-0.1, -0.05) is 30.1 Å². The van der Waals surface area contributed by atoms with Crippen LogP contribution in [0.3, 0.4) is 0 Å². The van der Waals surface area contributed by atoms with Gasteiger partial charge in [-0.25, -0.2) is 24.7 Å². The van der Waals surface area contributed by atoms with Gasteiger partial charge in [-0.3, -0.25) is 32.4 Å². The summed E-state index contributed by atoms with van der Waals surface area (Å²) >= 11 is 24.3. The SMILES string of the molecule is CCCC(=O)[C@@H](OC[C@H]1O[C@@H](n2cnc3c(NCC)nc(Cl)nc32)[C@H](O)[C@@H]1O)P(=O)(O)O.CCNC(=O)[C@H](OC[C@H]1O[C@@H](n2cnc3c(NCC)nc(Cl)nc32)[C@H](O)[C@@H]1O)P(=O)(O)O.CCOC(=O)C(OC[C@H]1O[C@@H](n2cnc3c(Cl)nc(Cl)cc32)[C@@H]2OC(C)(C)O[C@@H]21)P(=O)(OCC)OCC. The van der Waals surface area contributed by atoms with E-state index >= 15 is 0 Å². The second-order valence-corrected chi connectivity index (χ2v) is 29.6. The molecule has 6 aromatic rings. The van der Waals surface area contributed by atoms with Gasteiger partial charge in [0.15, 0.2) is 69.4 Å². The topological polar surface area (TPSA) is 520 Å². The number of rotatable bonds is 30. The standard InChI is InChI=1S/C22H30Cl2N3O9P.C17H25ClN5O8P.C16H24ClN6O8P/c1-6-30-20(28)21(37(29,32-7-2)33-8-3)31-10-13-16-17(36-22(4,5)35-16)19(34-13)27-11-25-15-12(27)9-14(23)26-18(15)24;1-3-5-8(24)16(32(27,28)29)30-6-9-11(25)12(26)15(31-9)23-7-20-10-13(19-4-2)21-17(18)22-14(10)23;1-3-18-11-8-12(22-16(17)21-11)23(6-20-8)14-10(25)9(24)7(31-14)5-30-15(32(27,28)29)13(26)19-4-2/h9,11,13,16-17,19,21H,6-8,10H2,1-5H3;7,9,11-12,15-16,25-26H,3-6H2,1-2H3,(H,19,21,22)(H2,27,28,29);6-7,9-10,14-15,24-25H,3-5H2,1-2H3,(H,19,26)(H,18,21,22)(H2,27,28,29)/t13-,16-,17-,19-,21?;9-,11-,12-,15-,16+;7-,9-,10-,14-,15-/m111/s1. The van der Waals surface area contributed by atoms with E-state index in [-0.39, 0.29) is 71.6 Å². The first kappa shape index (κ1) is 81.7. The van der Waals surface area contributed by atoms with Crippen LogP contribution in [0.5, 0.6) is 0 Å². The summed E-state index contributed by atoms with van der Waals surface area (Å²) in [7, 11) is -13.9. The highest BCUT2D eigenvalue weighted by molar-refractivity contribution is 7.55. The summed E-state index contributed by atoms with van der Waals surface area (Å²) in [6, 6.07) is 1.62. The van der Waals surface area contributed by atoms with Gasteiger partial charge in [0.25, 0.3) is 11.8 Å². The van der Waals surface area contributed by atoms with Crippen molar-refractivity contribution in [3.8, 4) is 0 Å². The van der Waals surface area contributed by atoms with Gasteiger partial charge in [-0.2, -0.15) is 19.9 Å². The van der Waals surface area contributed by atoms with E-state index in [9.17, 15) is 68.1 Å². The highest BCUT2D eigenvalue weighted by Gasteiger charge is 2.57. The van der Waals surface area contributed by atoms with E-state index in [1.54, 1.807) is 65.4 Å². The van der Waals surface area contributed by atoms with Gasteiger partial charge in [-0.15, -0.1) is 0 Å². The van der Waals surface area contributed by atoms with Gasteiger partial charge in [0.1, 0.15) is 65.6 Å². The minimum Gasteiger partial charge on any atom is -0.464 e. The molecule has 4 aliphatic rings. The molecule has 101 heavy (non-hydrogen) atoms. The number of nitrogens with zero attached hydrogens (tertiary/aromatic N) is 11. The third kappa shape index (κ3) is 19.0. The average Bonchev–Trinajstić information content (AvgIpc) is 1.49. The molecular formula is C55H79Cl4N14O25P3. The Morgan fingerprint density at radius 3 is 1.52 bits per heavy atom. The molecule has 4 aliphatic heterocycles. The Labute approximate surface area is 595 Å². The van der Waals surface area contributed by atoms with Crippen LogP contribution in [0.15, 0.2) is 25.0 Å². The summed E-state index contributed by atoms with van der Waals surface area (Å²) < 4.78 is 103. The lowest BCUT2D eigenvalue weighted by Crippen LogP contribution is -2.40. The lowest BCUT2D eigenvalue weighted by molar-refractivity contribution is -0.203. The fourth-order valence-corrected chi connectivity index (χ4v) is 15.0. The number of carbonyl (C=O) groups excluding carboxylic acids is 3. The van der Waals surface area contributed by atoms with E-state index in [2.05, 4.69) is 55.8 Å². The molecular weight excluding hydrogens is 1490 g/mol. The minimum absolute atomic E-state index is 0.0437. The lowest BCUT2D eigenvalue weighted by atomic mass is 10.1. The first-order valence-electron chi connectivity index (χ1n) is 31.5. The van der Waals surface area contributed by atoms with E-state index in [1.165, 1.54) is 21.8 Å². The summed E-state index contributed by atoms with van der Waals surface area (Å²) in [5, 5.41) is 50.3. The number of hydrogen-bond donors (Lipinski definition) is 11. The van der Waals surface area contributed by atoms with Crippen molar-refractivity contribution in [1.82, 2.24) is 58.9 Å². The molecule has 10 heterocycles. The number of aliphatic hydroxyl groups is 4. The van der Waals surface area contributed by atoms with Crippen LogP contribution >= 0.6 is 69.2 Å². The molecule has 4 saturated heterocycles. The minimum atomic E-state index is -4.95. The van der Waals surface area contributed by atoms with E-state index in [0.717, 1.165) is 0 Å². The second-order valence-electron chi connectivity index (χ2n) is 22.8. The van der Waals surface area contributed by atoms with Crippen LogP contribution < -0.4 is 16.0 Å². The summed E-state index contributed by atoms with van der Waals surface area (Å²) in [6.07, 6.45) is -8.64. The molecule has 1 amide bonds. The molecule has 0 aromatic carbocycles. The number of esters is 1. The zero-order valence-corrected chi connectivity index (χ0v) is 61.2. The summed E-state index contributed by atoms with van der Waals surface area (Å²) in [5.41, 5.74) is 2.23. The van der Waals surface area contributed by atoms with Crippen molar-refractivity contribution < 1.29 is 120 Å². The second kappa shape index (κ2) is 35.0. The smallest absolute Gasteiger partial charge is 0.370 e. The Morgan fingerprint density at radius 1 is 0.584 bits per heavy atom. The van der Waals surface area contributed by atoms with Crippen LogP contribution in [-0.4, -0.2) is 249 Å². The summed E-state index contributed by atoms with van der Waals surface area (Å²) in [5.74, 6) is -8.46. The molecule has 15 atom stereocenters. The molecule has 0 aliphatic carbocycles. The van der Waals surface area contributed by atoms with Gasteiger partial charge in [0.05, 0.1) is 64.1 Å². The molecule has 39 nitrogen and oxygen atoms in total. The molecule has 0 saturated carbocycles. The van der Waals surface area contributed by atoms with E-state index in [1.807, 2.05) is 13.8 Å². The van der Waals surface area contributed by atoms with Gasteiger partial charge in [0.2, 0.25) is 22.3 Å². The predicted octanol–water partition coefficient (Wildman–Crippen LogP) is 3.94. The summed E-state index contributed by atoms with van der Waals surface area (Å²) in [6.45, 7) is 15.5. The molecule has 0 spiro atoms. The third-order valence-corrected chi connectivity index (χ3v) is 20.2. The lowest BCUT2D eigenvalue weighted by Gasteiger charge is -2.27. The number of aliphatic hydroxyl groups excluding tert-OH is 4. The largest absolute Gasteiger partial charge is 0.464 e. The van der Waals surface area contributed by atoms with Crippen LogP contribution in [0.4, 0.5) is 11.6 Å². The fraction of sp³-hybridized carbons (Fsp3) is 0.655. The molecule has 6 aromatic heterocycles. The number of anilines is 2. The number of aromatic nitrogens is 11. The van der Waals surface area contributed by atoms with Crippen LogP contribution in [0.1, 0.15) is 93.8 Å². The Kier molecular flexibility index (Phi) is 28.3. The normalized spacial score (nSPS) is 25.1. The first-order chi connectivity index (χ1) is 47.7. The van der Waals surface area contributed by atoms with E-state index in [4.69, 9.17) is 98.1 Å². The molecule has 11 N–H and O–H groups in total. The third-order valence-electron chi connectivity index (χ3n) is 15.2. The number of nitrogens with one attached hydrogen (secondary N) is 3. The van der Waals surface area contributed by atoms with Crippen molar-refractivity contribution in [2.75, 3.05) is 69.9 Å². The van der Waals surface area contributed by atoms with Gasteiger partial charge in [-0.05, 0) is 85.0 Å². The average molecular weight is 1570 g/mol. The molecule has 4 fully saturated rings. The number of imidazole rings is 3. The highest BCUT2D eigenvalue weighted by atomic mass is 35.5. The Bertz CT molecular complexity index is 3840. The fourth-order valence-electron chi connectivity index (χ4n) is 11.0. The zero-order chi connectivity index (χ0) is 74.2. The Morgan fingerprint density at radius 2 is 1.05 bits per heavy atom. The van der Waals surface area contributed by atoms with Crippen molar-refractivity contribution in [3.63, 3.8) is 0 Å². The Hall–Kier alpha value is -4.94. The maximum absolute atomic E-state index is 13.4. The number of amides is 1. The van der Waals surface area contributed by atoms with E-state index in [0.29, 0.717) is 53.2 Å². The number of Topliss-reactive ketones (excluding diaryl/α,β-unsaturated/α-hetero) is 1. The number of carbonyl (C=O) groups is 3. The molecule has 0 bridgehead atoms. The van der Waals surface area contributed by atoms with Crippen molar-refractivity contribution in [2.24, 2.45) is 0 Å². The monoisotopic (exact) mass is 1570 g/mol. The number of fused-ring (bicyclic) bond motifs is 4. The quantitative estimate of drug-likeness (QED) is 0.0132. The van der Waals surface area contributed by atoms with Crippen molar-refractivity contribution in [1.29, 1.82) is 0 Å². The highest BCUT2D eigenvalue weighted by Crippen LogP contribution is 2.55. The maximum atomic E-state index is 13.4. The number of ketones is 1. The molecule has 1 unspecified atom stereocenters. The zero-order valence-electron chi connectivity index (χ0n) is 55.5. The van der Waals surface area contributed by atoms with E-state index < -0.39 is 151 Å². The van der Waals surface area contributed by atoms with Gasteiger partial charge >= 0.3 is 28.8 Å². The van der Waals surface area contributed by atoms with Crippen LogP contribution in [-0.2, 0) is 79.8 Å². The number of ether oxygens (including phenoxy) is 9. The van der Waals surface area contributed by atoms with Gasteiger partial charge in [0, 0.05) is 32.1 Å². The predicted molar refractivity (Wildman–Crippen MR) is 356 cm³/mol. The van der Waals surface area contributed by atoms with Crippen LogP contribution in [0.25, 0.3) is 33.4 Å². The Balaban J connectivity index is 0.000000193. The molecule has 562 valence electrons. The van der Waals surface area contributed by atoms with Crippen molar-refractivity contribution >= 4 is 132 Å². The van der Waals surface area contributed by atoms with Crippen molar-refractivity contribution in [2.45, 2.75) is 172 Å². The van der Waals surface area contributed by atoms with Crippen LogP contribution in [0, 0.1) is 0 Å². The van der Waals surface area contributed by atoms with Crippen LogP contribution in [0.2, 0.25) is 20.9 Å². The van der Waals surface area contributed by atoms with Crippen molar-refractivity contribution in [3.05, 3.63) is 45.9 Å². The number of hydrogen-bond acceptors (Lipinski definition) is 31. The number of likely N-dealkylation sites (N-methyl/N-ethyl adjacent to an activating group) is 1. The number of halogens is 4.